The Labute approximate surface area is 166 Å². The molecule has 1 aromatic carbocycles. The standard InChI is InChI=1S/C21H20FN3O4/c22-15-3-5-16(6-4-15)25-18(14-17(23-25)19-2-1-11-27-19)20(26)24-9-7-21(8-10-24)28-12-13-29-21/h1-6,11,14H,7-10,12-13H2. The van der Waals surface area contributed by atoms with Crippen LogP contribution in [0.2, 0.25) is 0 Å². The molecule has 150 valence electrons. The lowest BCUT2D eigenvalue weighted by Gasteiger charge is -2.37. The van der Waals surface area contributed by atoms with Crippen LogP contribution in [0.4, 0.5) is 4.39 Å². The summed E-state index contributed by atoms with van der Waals surface area (Å²) < 4.78 is 31.8. The van der Waals surface area contributed by atoms with E-state index in [0.717, 1.165) is 0 Å². The van der Waals surface area contributed by atoms with Crippen molar-refractivity contribution in [2.24, 2.45) is 0 Å². The third-order valence-corrected chi connectivity index (χ3v) is 5.40. The van der Waals surface area contributed by atoms with Crippen molar-refractivity contribution in [1.29, 1.82) is 0 Å². The Balaban J connectivity index is 1.46. The fourth-order valence-electron chi connectivity index (χ4n) is 3.86. The van der Waals surface area contributed by atoms with Gasteiger partial charge in [0.1, 0.15) is 17.2 Å². The molecule has 0 aliphatic carbocycles. The average molecular weight is 397 g/mol. The molecule has 29 heavy (non-hydrogen) atoms. The molecule has 0 atom stereocenters. The molecule has 1 spiro atoms. The minimum atomic E-state index is -0.548. The number of carbonyl (C=O) groups excluding carboxylic acids is 1. The lowest BCUT2D eigenvalue weighted by Crippen LogP contribution is -2.47. The van der Waals surface area contributed by atoms with Crippen molar-refractivity contribution in [2.45, 2.75) is 18.6 Å². The van der Waals surface area contributed by atoms with E-state index in [-0.39, 0.29) is 11.7 Å². The van der Waals surface area contributed by atoms with Crippen LogP contribution >= 0.6 is 0 Å². The number of likely N-dealkylation sites (tertiary alicyclic amines) is 1. The Hall–Kier alpha value is -2.97. The minimum absolute atomic E-state index is 0.146. The lowest BCUT2D eigenvalue weighted by molar-refractivity contribution is -0.181. The molecule has 0 radical (unpaired) electrons. The molecule has 8 heteroatoms. The number of hydrogen-bond donors (Lipinski definition) is 0. The Bertz CT molecular complexity index is 997. The van der Waals surface area contributed by atoms with Crippen molar-refractivity contribution >= 4 is 5.91 Å². The molecule has 5 rings (SSSR count). The number of aromatic nitrogens is 2. The number of amides is 1. The summed E-state index contributed by atoms with van der Waals surface area (Å²) in [6.07, 6.45) is 2.82. The molecule has 0 saturated carbocycles. The molecular formula is C21H20FN3O4. The Morgan fingerprint density at radius 2 is 1.79 bits per heavy atom. The van der Waals surface area contributed by atoms with Gasteiger partial charge in [-0.1, -0.05) is 0 Å². The predicted molar refractivity (Wildman–Crippen MR) is 101 cm³/mol. The molecule has 2 aliphatic rings. The van der Waals surface area contributed by atoms with Crippen molar-refractivity contribution in [3.63, 3.8) is 0 Å². The summed E-state index contributed by atoms with van der Waals surface area (Å²) in [5.41, 5.74) is 1.54. The second kappa shape index (κ2) is 7.13. The monoisotopic (exact) mass is 397 g/mol. The second-order valence-corrected chi connectivity index (χ2v) is 7.18. The van der Waals surface area contributed by atoms with Crippen LogP contribution in [-0.2, 0) is 9.47 Å². The maximum absolute atomic E-state index is 13.4. The summed E-state index contributed by atoms with van der Waals surface area (Å²) >= 11 is 0. The van der Waals surface area contributed by atoms with E-state index in [2.05, 4.69) is 5.10 Å². The molecule has 0 unspecified atom stereocenters. The third kappa shape index (κ3) is 3.34. The molecule has 4 heterocycles. The zero-order valence-electron chi connectivity index (χ0n) is 15.7. The van der Waals surface area contributed by atoms with E-state index in [1.165, 1.54) is 16.8 Å². The van der Waals surface area contributed by atoms with Crippen molar-refractivity contribution in [3.05, 3.63) is 60.2 Å². The molecule has 3 aromatic rings. The Morgan fingerprint density at radius 3 is 2.45 bits per heavy atom. The van der Waals surface area contributed by atoms with E-state index in [4.69, 9.17) is 13.9 Å². The van der Waals surface area contributed by atoms with Crippen molar-refractivity contribution in [1.82, 2.24) is 14.7 Å². The van der Waals surface area contributed by atoms with E-state index in [1.807, 2.05) is 0 Å². The van der Waals surface area contributed by atoms with Gasteiger partial charge in [0.15, 0.2) is 11.5 Å². The zero-order chi connectivity index (χ0) is 19.8. The number of benzene rings is 1. The molecular weight excluding hydrogens is 377 g/mol. The van der Waals surface area contributed by atoms with E-state index in [0.29, 0.717) is 62.0 Å². The third-order valence-electron chi connectivity index (χ3n) is 5.40. The summed E-state index contributed by atoms with van der Waals surface area (Å²) in [5.74, 6) is -0.483. The van der Waals surface area contributed by atoms with Gasteiger partial charge in [0.25, 0.3) is 5.91 Å². The first kappa shape index (κ1) is 18.1. The Morgan fingerprint density at radius 1 is 1.07 bits per heavy atom. The van der Waals surface area contributed by atoms with Gasteiger partial charge in [-0.05, 0) is 36.4 Å². The largest absolute Gasteiger partial charge is 0.463 e. The SMILES string of the molecule is O=C(c1cc(-c2ccco2)nn1-c1ccc(F)cc1)N1CCC2(CC1)OCCO2. The van der Waals surface area contributed by atoms with E-state index >= 15 is 0 Å². The van der Waals surface area contributed by atoms with Crippen LogP contribution in [0.3, 0.4) is 0 Å². The highest BCUT2D eigenvalue weighted by atomic mass is 19.1. The first-order chi connectivity index (χ1) is 14.1. The first-order valence-electron chi connectivity index (χ1n) is 9.61. The van der Waals surface area contributed by atoms with Crippen molar-refractivity contribution < 1.29 is 23.1 Å². The number of ether oxygens (including phenoxy) is 2. The summed E-state index contributed by atoms with van der Waals surface area (Å²) in [6, 6.07) is 11.1. The van der Waals surface area contributed by atoms with Crippen LogP contribution in [-0.4, -0.2) is 52.7 Å². The topological polar surface area (TPSA) is 69.7 Å². The number of carbonyl (C=O) groups is 1. The predicted octanol–water partition coefficient (Wildman–Crippen LogP) is 3.25. The molecule has 0 N–H and O–H groups in total. The summed E-state index contributed by atoms with van der Waals surface area (Å²) in [4.78, 5) is 15.1. The fraction of sp³-hybridized carbons (Fsp3) is 0.333. The first-order valence-corrected chi connectivity index (χ1v) is 9.61. The van der Waals surface area contributed by atoms with Crippen molar-refractivity contribution in [3.8, 4) is 17.1 Å². The van der Waals surface area contributed by atoms with Crippen LogP contribution in [0.15, 0.2) is 53.1 Å². The molecule has 2 fully saturated rings. The molecule has 0 bridgehead atoms. The minimum Gasteiger partial charge on any atom is -0.463 e. The highest BCUT2D eigenvalue weighted by Gasteiger charge is 2.41. The van der Waals surface area contributed by atoms with Gasteiger partial charge in [0.05, 0.1) is 25.2 Å². The molecule has 2 aliphatic heterocycles. The number of furan rings is 1. The van der Waals surface area contributed by atoms with Gasteiger partial charge < -0.3 is 18.8 Å². The maximum Gasteiger partial charge on any atom is 0.272 e. The van der Waals surface area contributed by atoms with Crippen LogP contribution in [0.1, 0.15) is 23.3 Å². The van der Waals surface area contributed by atoms with Gasteiger partial charge >= 0.3 is 0 Å². The van der Waals surface area contributed by atoms with Crippen LogP contribution in [0.25, 0.3) is 17.1 Å². The highest BCUT2D eigenvalue weighted by Crippen LogP contribution is 2.32. The summed E-state index contributed by atoms with van der Waals surface area (Å²) in [6.45, 7) is 2.25. The van der Waals surface area contributed by atoms with Gasteiger partial charge in [-0.3, -0.25) is 4.79 Å². The molecule has 1 amide bonds. The molecule has 2 saturated heterocycles. The van der Waals surface area contributed by atoms with Gasteiger partial charge in [0.2, 0.25) is 0 Å². The van der Waals surface area contributed by atoms with Crippen molar-refractivity contribution in [2.75, 3.05) is 26.3 Å². The van der Waals surface area contributed by atoms with E-state index < -0.39 is 5.79 Å². The summed E-state index contributed by atoms with van der Waals surface area (Å²) in [7, 11) is 0. The number of piperidine rings is 1. The number of rotatable bonds is 3. The number of hydrogen-bond acceptors (Lipinski definition) is 5. The number of halogens is 1. The molecule has 7 nitrogen and oxygen atoms in total. The second-order valence-electron chi connectivity index (χ2n) is 7.18. The van der Waals surface area contributed by atoms with E-state index in [1.54, 1.807) is 41.5 Å². The smallest absolute Gasteiger partial charge is 0.272 e. The zero-order valence-corrected chi connectivity index (χ0v) is 15.7. The average Bonchev–Trinajstić information content (AvgIpc) is 3.49. The quantitative estimate of drug-likeness (QED) is 0.679. The van der Waals surface area contributed by atoms with Crippen LogP contribution in [0, 0.1) is 5.82 Å². The Kier molecular flexibility index (Phi) is 4.44. The maximum atomic E-state index is 13.4. The summed E-state index contributed by atoms with van der Waals surface area (Å²) in [5, 5.41) is 4.54. The number of nitrogens with zero attached hydrogens (tertiary/aromatic N) is 3. The highest BCUT2D eigenvalue weighted by molar-refractivity contribution is 5.94. The van der Waals surface area contributed by atoms with Crippen LogP contribution < -0.4 is 0 Å². The normalized spacial score (nSPS) is 18.4. The molecule has 2 aromatic heterocycles. The van der Waals surface area contributed by atoms with E-state index in [9.17, 15) is 9.18 Å². The van der Waals surface area contributed by atoms with Gasteiger partial charge in [-0.25, -0.2) is 9.07 Å². The fourth-order valence-corrected chi connectivity index (χ4v) is 3.86. The van der Waals surface area contributed by atoms with Gasteiger partial charge in [-0.2, -0.15) is 5.10 Å². The van der Waals surface area contributed by atoms with Crippen LogP contribution in [0.5, 0.6) is 0 Å². The van der Waals surface area contributed by atoms with Gasteiger partial charge in [-0.15, -0.1) is 0 Å². The van der Waals surface area contributed by atoms with Gasteiger partial charge in [0, 0.05) is 32.0 Å². The lowest BCUT2D eigenvalue weighted by atomic mass is 10.0.